The van der Waals surface area contributed by atoms with Gasteiger partial charge in [-0.15, -0.1) is 0 Å². The van der Waals surface area contributed by atoms with E-state index in [1.165, 1.54) is 19.2 Å². The second-order valence-corrected chi connectivity index (χ2v) is 7.27. The van der Waals surface area contributed by atoms with E-state index in [4.69, 9.17) is 4.74 Å². The standard InChI is InChI=1S/C23H23F3N2O3/c1-15(12-17-4-10-20(11-5-17)31-14-22(29)30-3)21-13-28(27-16(21)2)19-8-6-18(7-9-19)23(24,25)26/h4-11,13,15H,12,14H2,1-3H3. The molecule has 0 spiro atoms. The summed E-state index contributed by atoms with van der Waals surface area (Å²) >= 11 is 0. The number of rotatable bonds is 7. The van der Waals surface area contributed by atoms with Gasteiger partial charge < -0.3 is 9.47 Å². The Morgan fingerprint density at radius 1 is 1.10 bits per heavy atom. The molecule has 0 aliphatic heterocycles. The first kappa shape index (κ1) is 22.4. The van der Waals surface area contributed by atoms with Gasteiger partial charge in [0, 0.05) is 6.20 Å². The molecule has 164 valence electrons. The summed E-state index contributed by atoms with van der Waals surface area (Å²) < 4.78 is 49.8. The molecule has 0 radical (unpaired) electrons. The highest BCUT2D eigenvalue weighted by Crippen LogP contribution is 2.30. The minimum atomic E-state index is -4.36. The molecule has 1 unspecified atom stereocenters. The van der Waals surface area contributed by atoms with Crippen LogP contribution >= 0.6 is 0 Å². The van der Waals surface area contributed by atoms with Gasteiger partial charge in [-0.05, 0) is 66.8 Å². The van der Waals surface area contributed by atoms with E-state index in [1.54, 1.807) is 16.8 Å². The molecule has 2 aromatic carbocycles. The number of aromatic nitrogens is 2. The molecule has 0 aliphatic rings. The number of hydrogen-bond donors (Lipinski definition) is 0. The number of halogens is 3. The molecule has 0 aliphatic carbocycles. The molecule has 1 heterocycles. The summed E-state index contributed by atoms with van der Waals surface area (Å²) in [5.41, 5.74) is 2.81. The monoisotopic (exact) mass is 432 g/mol. The highest BCUT2D eigenvalue weighted by Gasteiger charge is 2.30. The van der Waals surface area contributed by atoms with Gasteiger partial charge >= 0.3 is 12.1 Å². The van der Waals surface area contributed by atoms with Gasteiger partial charge in [-0.2, -0.15) is 18.3 Å². The Hall–Kier alpha value is -3.29. The van der Waals surface area contributed by atoms with Crippen LogP contribution in [0, 0.1) is 6.92 Å². The van der Waals surface area contributed by atoms with Crippen molar-refractivity contribution < 1.29 is 27.4 Å². The van der Waals surface area contributed by atoms with Crippen LogP contribution in [0.5, 0.6) is 5.75 Å². The van der Waals surface area contributed by atoms with Gasteiger partial charge in [-0.1, -0.05) is 19.1 Å². The van der Waals surface area contributed by atoms with Crippen LogP contribution in [0.1, 0.15) is 35.2 Å². The number of carbonyl (C=O) groups is 1. The highest BCUT2D eigenvalue weighted by molar-refractivity contribution is 5.70. The minimum absolute atomic E-state index is 0.144. The van der Waals surface area contributed by atoms with E-state index in [9.17, 15) is 18.0 Å². The lowest BCUT2D eigenvalue weighted by atomic mass is 9.94. The lowest BCUT2D eigenvalue weighted by molar-refractivity contribution is -0.143. The van der Waals surface area contributed by atoms with Crippen molar-refractivity contribution in [3.63, 3.8) is 0 Å². The van der Waals surface area contributed by atoms with E-state index >= 15 is 0 Å². The summed E-state index contributed by atoms with van der Waals surface area (Å²) in [5, 5.41) is 4.47. The van der Waals surface area contributed by atoms with E-state index in [0.29, 0.717) is 11.4 Å². The summed E-state index contributed by atoms with van der Waals surface area (Å²) in [6.07, 6.45) is -1.76. The fourth-order valence-corrected chi connectivity index (χ4v) is 3.28. The predicted octanol–water partition coefficient (Wildman–Crippen LogP) is 5.10. The van der Waals surface area contributed by atoms with Crippen LogP contribution in [0.3, 0.4) is 0 Å². The Morgan fingerprint density at radius 3 is 2.32 bits per heavy atom. The largest absolute Gasteiger partial charge is 0.482 e. The molecule has 31 heavy (non-hydrogen) atoms. The van der Waals surface area contributed by atoms with E-state index in [1.807, 2.05) is 25.3 Å². The van der Waals surface area contributed by atoms with E-state index in [-0.39, 0.29) is 12.5 Å². The van der Waals surface area contributed by atoms with Crippen molar-refractivity contribution >= 4 is 5.97 Å². The molecule has 0 saturated heterocycles. The average molecular weight is 432 g/mol. The number of carbonyl (C=O) groups excluding carboxylic acids is 1. The molecule has 3 rings (SSSR count). The summed E-state index contributed by atoms with van der Waals surface area (Å²) in [6, 6.07) is 12.4. The fraction of sp³-hybridized carbons (Fsp3) is 0.304. The minimum Gasteiger partial charge on any atom is -0.482 e. The first-order chi connectivity index (χ1) is 14.7. The van der Waals surface area contributed by atoms with Crippen LogP contribution in [0.2, 0.25) is 0 Å². The van der Waals surface area contributed by atoms with Crippen molar-refractivity contribution in [1.29, 1.82) is 0 Å². The molecule has 0 bridgehead atoms. The van der Waals surface area contributed by atoms with Crippen LogP contribution in [0.15, 0.2) is 54.7 Å². The van der Waals surface area contributed by atoms with Crippen molar-refractivity contribution in [2.24, 2.45) is 0 Å². The van der Waals surface area contributed by atoms with Crippen molar-refractivity contribution in [2.75, 3.05) is 13.7 Å². The fourth-order valence-electron chi connectivity index (χ4n) is 3.28. The zero-order valence-corrected chi connectivity index (χ0v) is 17.4. The van der Waals surface area contributed by atoms with Gasteiger partial charge in [-0.25, -0.2) is 9.48 Å². The van der Waals surface area contributed by atoms with Crippen LogP contribution in [0.4, 0.5) is 13.2 Å². The number of aryl methyl sites for hydroxylation is 1. The van der Waals surface area contributed by atoms with Gasteiger partial charge in [0.2, 0.25) is 0 Å². The number of ether oxygens (including phenoxy) is 2. The quantitative estimate of drug-likeness (QED) is 0.488. The van der Waals surface area contributed by atoms with E-state index in [0.717, 1.165) is 35.4 Å². The smallest absolute Gasteiger partial charge is 0.416 e. The van der Waals surface area contributed by atoms with Crippen molar-refractivity contribution in [2.45, 2.75) is 32.4 Å². The molecule has 0 amide bonds. The second kappa shape index (κ2) is 9.24. The maximum absolute atomic E-state index is 12.8. The third-order valence-corrected chi connectivity index (χ3v) is 4.98. The molecule has 1 atom stereocenters. The van der Waals surface area contributed by atoms with Crippen LogP contribution < -0.4 is 4.74 Å². The first-order valence-corrected chi connectivity index (χ1v) is 9.69. The maximum Gasteiger partial charge on any atom is 0.416 e. The van der Waals surface area contributed by atoms with Crippen LogP contribution in [-0.4, -0.2) is 29.5 Å². The van der Waals surface area contributed by atoms with Crippen molar-refractivity contribution in [1.82, 2.24) is 9.78 Å². The molecule has 5 nitrogen and oxygen atoms in total. The Labute approximate surface area is 178 Å². The average Bonchev–Trinajstić information content (AvgIpc) is 3.14. The van der Waals surface area contributed by atoms with E-state index in [2.05, 4.69) is 16.8 Å². The number of benzene rings is 2. The van der Waals surface area contributed by atoms with Crippen molar-refractivity contribution in [3.05, 3.63) is 77.1 Å². The van der Waals surface area contributed by atoms with Crippen LogP contribution in [-0.2, 0) is 22.1 Å². The summed E-state index contributed by atoms with van der Waals surface area (Å²) in [6.45, 7) is 3.81. The molecule has 0 N–H and O–H groups in total. The Kier molecular flexibility index (Phi) is 6.68. The zero-order valence-electron chi connectivity index (χ0n) is 17.4. The molecule has 0 fully saturated rings. The van der Waals surface area contributed by atoms with Gasteiger partial charge in [-0.3, -0.25) is 0 Å². The van der Waals surface area contributed by atoms with Gasteiger partial charge in [0.25, 0.3) is 0 Å². The number of hydrogen-bond acceptors (Lipinski definition) is 4. The van der Waals surface area contributed by atoms with Gasteiger partial charge in [0.05, 0.1) is 24.1 Å². The highest BCUT2D eigenvalue weighted by atomic mass is 19.4. The second-order valence-electron chi connectivity index (χ2n) is 7.27. The first-order valence-electron chi connectivity index (χ1n) is 9.69. The number of methoxy groups -OCH3 is 1. The third kappa shape index (κ3) is 5.65. The number of alkyl halides is 3. The normalized spacial score (nSPS) is 12.5. The summed E-state index contributed by atoms with van der Waals surface area (Å²) in [7, 11) is 1.30. The lowest BCUT2D eigenvalue weighted by Gasteiger charge is -2.11. The maximum atomic E-state index is 12.8. The predicted molar refractivity (Wildman–Crippen MR) is 109 cm³/mol. The third-order valence-electron chi connectivity index (χ3n) is 4.98. The van der Waals surface area contributed by atoms with Gasteiger partial charge in [0.15, 0.2) is 6.61 Å². The lowest BCUT2D eigenvalue weighted by Crippen LogP contribution is -2.12. The molecular weight excluding hydrogens is 409 g/mol. The molecule has 3 aromatic rings. The van der Waals surface area contributed by atoms with Gasteiger partial charge in [0.1, 0.15) is 5.75 Å². The number of nitrogens with zero attached hydrogens (tertiary/aromatic N) is 2. The Morgan fingerprint density at radius 2 is 1.74 bits per heavy atom. The van der Waals surface area contributed by atoms with E-state index < -0.39 is 17.7 Å². The summed E-state index contributed by atoms with van der Waals surface area (Å²) in [5.74, 6) is 0.274. The topological polar surface area (TPSA) is 53.4 Å². The SMILES string of the molecule is COC(=O)COc1ccc(CC(C)c2cn(-c3ccc(C(F)(F)F)cc3)nc2C)cc1. The zero-order chi connectivity index (χ0) is 22.6. The molecule has 8 heteroatoms. The number of esters is 1. The van der Waals surface area contributed by atoms with Crippen LogP contribution in [0.25, 0.3) is 5.69 Å². The molecular formula is C23H23F3N2O3. The Balaban J connectivity index is 1.68. The summed E-state index contributed by atoms with van der Waals surface area (Å²) in [4.78, 5) is 11.1. The molecule has 1 aromatic heterocycles. The molecule has 0 saturated carbocycles. The Bertz CT molecular complexity index is 1030. The van der Waals surface area contributed by atoms with Crippen molar-refractivity contribution in [3.8, 4) is 11.4 Å².